The molecule has 1 atom stereocenters. The Morgan fingerprint density at radius 2 is 2.42 bits per heavy atom. The zero-order chi connectivity index (χ0) is 9.40. The molecule has 12 heavy (non-hydrogen) atoms. The van der Waals surface area contributed by atoms with Crippen LogP contribution in [-0.4, -0.2) is 12.7 Å². The van der Waals surface area contributed by atoms with E-state index in [9.17, 15) is 4.79 Å². The lowest BCUT2D eigenvalue weighted by atomic mass is 10.1. The molecule has 3 nitrogen and oxygen atoms in total. The van der Waals surface area contributed by atoms with Crippen molar-refractivity contribution in [3.63, 3.8) is 0 Å². The summed E-state index contributed by atoms with van der Waals surface area (Å²) in [6.45, 7) is 2.53. The zero-order valence-corrected chi connectivity index (χ0v) is 9.28. The van der Waals surface area contributed by atoms with Gasteiger partial charge in [0.25, 0.3) is 0 Å². The molecule has 0 aliphatic heterocycles. The summed E-state index contributed by atoms with van der Waals surface area (Å²) in [6.07, 6.45) is 3.29. The van der Waals surface area contributed by atoms with Gasteiger partial charge in [0.2, 0.25) is 0 Å². The van der Waals surface area contributed by atoms with Crippen molar-refractivity contribution in [1.82, 2.24) is 0 Å². The summed E-state index contributed by atoms with van der Waals surface area (Å²) in [5.41, 5.74) is 4.80. The normalized spacial score (nSPS) is 13.2. The molecule has 0 saturated heterocycles. The van der Waals surface area contributed by atoms with Crippen LogP contribution < -0.4 is 5.73 Å². The van der Waals surface area contributed by atoms with E-state index in [0.29, 0.717) is 12.5 Å². The fraction of sp³-hybridized carbons (Fsp3) is 0.625. The van der Waals surface area contributed by atoms with Gasteiger partial charge in [0.05, 0.1) is 6.61 Å². The standard InChI is InChI=1S/C8H14INO2/c1-7(3-2-5-9)4-6-12-8(10)11/h2,5,7H,3-4,6H2,1H3,(H2,10,11). The molecule has 0 aromatic rings. The maximum absolute atomic E-state index is 10.2. The zero-order valence-electron chi connectivity index (χ0n) is 7.13. The smallest absolute Gasteiger partial charge is 0.404 e. The Bertz CT molecular complexity index is 159. The summed E-state index contributed by atoms with van der Waals surface area (Å²) < 4.78 is 6.59. The summed E-state index contributed by atoms with van der Waals surface area (Å²) in [6, 6.07) is 0. The minimum absolute atomic E-state index is 0.422. The van der Waals surface area contributed by atoms with Crippen LogP contribution in [0, 0.1) is 5.92 Å². The highest BCUT2D eigenvalue weighted by Gasteiger charge is 2.00. The maximum Gasteiger partial charge on any atom is 0.404 e. The van der Waals surface area contributed by atoms with Gasteiger partial charge in [-0.2, -0.15) is 0 Å². The first-order valence-electron chi connectivity index (χ1n) is 3.84. The van der Waals surface area contributed by atoms with Gasteiger partial charge < -0.3 is 10.5 Å². The van der Waals surface area contributed by atoms with Gasteiger partial charge in [-0.1, -0.05) is 35.6 Å². The Balaban J connectivity index is 3.31. The number of amides is 1. The van der Waals surface area contributed by atoms with Crippen molar-refractivity contribution < 1.29 is 9.53 Å². The van der Waals surface area contributed by atoms with Crippen molar-refractivity contribution in [3.05, 3.63) is 10.2 Å². The second kappa shape index (κ2) is 7.39. The Labute approximate surface area is 86.5 Å². The van der Waals surface area contributed by atoms with Gasteiger partial charge in [-0.25, -0.2) is 4.79 Å². The second-order valence-electron chi connectivity index (χ2n) is 2.66. The number of nitrogens with two attached hydrogens (primary N) is 1. The molecular formula is C8H14INO2. The molecular weight excluding hydrogens is 269 g/mol. The third-order valence-electron chi connectivity index (χ3n) is 1.48. The Morgan fingerprint density at radius 3 is 2.92 bits per heavy atom. The molecule has 1 amide bonds. The number of halogens is 1. The molecule has 0 heterocycles. The first-order chi connectivity index (χ1) is 5.66. The molecule has 0 aromatic carbocycles. The third kappa shape index (κ3) is 7.84. The minimum Gasteiger partial charge on any atom is -0.450 e. The summed E-state index contributed by atoms with van der Waals surface area (Å²) in [5.74, 6) is 0.537. The van der Waals surface area contributed by atoms with E-state index in [2.05, 4.69) is 40.3 Å². The van der Waals surface area contributed by atoms with Gasteiger partial charge >= 0.3 is 6.09 Å². The van der Waals surface area contributed by atoms with E-state index in [1.165, 1.54) is 0 Å². The van der Waals surface area contributed by atoms with Crippen LogP contribution in [0.25, 0.3) is 0 Å². The van der Waals surface area contributed by atoms with Crippen molar-refractivity contribution >= 4 is 28.7 Å². The number of carbonyl (C=O) groups excluding carboxylic acids is 1. The highest BCUT2D eigenvalue weighted by molar-refractivity contribution is 14.1. The number of carbonyl (C=O) groups is 1. The van der Waals surface area contributed by atoms with E-state index in [0.717, 1.165) is 12.8 Å². The summed E-state index contributed by atoms with van der Waals surface area (Å²) in [5, 5.41) is 0. The summed E-state index contributed by atoms with van der Waals surface area (Å²) >= 11 is 2.18. The van der Waals surface area contributed by atoms with Crippen LogP contribution in [-0.2, 0) is 4.74 Å². The van der Waals surface area contributed by atoms with Crippen LogP contribution in [0.2, 0.25) is 0 Å². The molecule has 0 saturated carbocycles. The van der Waals surface area contributed by atoms with Crippen LogP contribution in [0.1, 0.15) is 19.8 Å². The molecule has 1 unspecified atom stereocenters. The average molecular weight is 283 g/mol. The summed E-state index contributed by atoms with van der Waals surface area (Å²) in [4.78, 5) is 10.2. The molecule has 0 bridgehead atoms. The van der Waals surface area contributed by atoms with Crippen molar-refractivity contribution in [1.29, 1.82) is 0 Å². The number of allylic oxidation sites excluding steroid dienone is 1. The molecule has 0 aromatic heterocycles. The van der Waals surface area contributed by atoms with Gasteiger partial charge in [0, 0.05) is 0 Å². The number of ether oxygens (including phenoxy) is 1. The first-order valence-corrected chi connectivity index (χ1v) is 5.08. The number of rotatable bonds is 5. The molecule has 0 aliphatic rings. The van der Waals surface area contributed by atoms with E-state index >= 15 is 0 Å². The van der Waals surface area contributed by atoms with Gasteiger partial charge in [0.1, 0.15) is 0 Å². The van der Waals surface area contributed by atoms with Crippen LogP contribution in [0.5, 0.6) is 0 Å². The van der Waals surface area contributed by atoms with Gasteiger partial charge in [0.15, 0.2) is 0 Å². The topological polar surface area (TPSA) is 52.3 Å². The lowest BCUT2D eigenvalue weighted by molar-refractivity contribution is 0.150. The molecule has 0 fully saturated rings. The van der Waals surface area contributed by atoms with Crippen molar-refractivity contribution in [2.24, 2.45) is 11.7 Å². The molecule has 0 radical (unpaired) electrons. The largest absolute Gasteiger partial charge is 0.450 e. The average Bonchev–Trinajstić information content (AvgIpc) is 2.00. The Morgan fingerprint density at radius 1 is 1.75 bits per heavy atom. The van der Waals surface area contributed by atoms with E-state index < -0.39 is 6.09 Å². The van der Waals surface area contributed by atoms with Crippen LogP contribution in [0.4, 0.5) is 4.79 Å². The minimum atomic E-state index is -0.688. The molecule has 2 N–H and O–H groups in total. The quantitative estimate of drug-likeness (QED) is 0.788. The van der Waals surface area contributed by atoms with E-state index in [1.54, 1.807) is 0 Å². The van der Waals surface area contributed by atoms with Gasteiger partial charge in [-0.3, -0.25) is 0 Å². The molecule has 4 heteroatoms. The predicted molar refractivity (Wildman–Crippen MR) is 57.1 cm³/mol. The lowest BCUT2D eigenvalue weighted by Crippen LogP contribution is -2.14. The van der Waals surface area contributed by atoms with Crippen LogP contribution in [0.3, 0.4) is 0 Å². The predicted octanol–water partition coefficient (Wildman–Crippen LogP) is 2.45. The molecule has 70 valence electrons. The molecule has 0 aliphatic carbocycles. The highest BCUT2D eigenvalue weighted by atomic mass is 127. The van der Waals surface area contributed by atoms with Crippen LogP contribution >= 0.6 is 22.6 Å². The SMILES string of the molecule is CC(CC=CI)CCOC(N)=O. The Kier molecular flexibility index (Phi) is 7.23. The number of hydrogen-bond donors (Lipinski definition) is 1. The van der Waals surface area contributed by atoms with Gasteiger partial charge in [-0.15, -0.1) is 0 Å². The lowest BCUT2D eigenvalue weighted by Gasteiger charge is -2.07. The van der Waals surface area contributed by atoms with Crippen molar-refractivity contribution in [2.45, 2.75) is 19.8 Å². The Hall–Kier alpha value is -0.260. The van der Waals surface area contributed by atoms with Gasteiger partial charge in [-0.05, 0) is 22.8 Å². The molecule has 0 rings (SSSR count). The van der Waals surface area contributed by atoms with E-state index in [1.807, 2.05) is 4.08 Å². The summed E-state index contributed by atoms with van der Waals surface area (Å²) in [7, 11) is 0. The monoisotopic (exact) mass is 283 g/mol. The fourth-order valence-corrected chi connectivity index (χ4v) is 1.06. The third-order valence-corrected chi connectivity index (χ3v) is 1.99. The molecule has 0 spiro atoms. The van der Waals surface area contributed by atoms with E-state index in [-0.39, 0.29) is 0 Å². The maximum atomic E-state index is 10.2. The fourth-order valence-electron chi connectivity index (χ4n) is 0.762. The van der Waals surface area contributed by atoms with Crippen molar-refractivity contribution in [3.8, 4) is 0 Å². The second-order valence-corrected chi connectivity index (χ2v) is 3.38. The number of hydrogen-bond acceptors (Lipinski definition) is 2. The van der Waals surface area contributed by atoms with Crippen molar-refractivity contribution in [2.75, 3.05) is 6.61 Å². The number of primary amides is 1. The van der Waals surface area contributed by atoms with Crippen LogP contribution in [0.15, 0.2) is 10.2 Å². The van der Waals surface area contributed by atoms with E-state index in [4.69, 9.17) is 5.73 Å². The highest BCUT2D eigenvalue weighted by Crippen LogP contribution is 2.08. The first kappa shape index (κ1) is 11.7.